The first kappa shape index (κ1) is 11.1. The van der Waals surface area contributed by atoms with Crippen LogP contribution < -0.4 is 0 Å². The Bertz CT molecular complexity index is 312. The van der Waals surface area contributed by atoms with Crippen molar-refractivity contribution in [3.8, 4) is 0 Å². The van der Waals surface area contributed by atoms with E-state index in [1.54, 1.807) is 0 Å². The molecule has 0 radical (unpaired) electrons. The maximum Gasteiger partial charge on any atom is 0.135 e. The second-order valence-corrected chi connectivity index (χ2v) is 4.21. The Hall–Kier alpha value is -0.980. The number of benzene rings is 1. The van der Waals surface area contributed by atoms with Gasteiger partial charge < -0.3 is 0 Å². The molecule has 0 saturated heterocycles. The number of thioether (sulfide) groups is 1. The summed E-state index contributed by atoms with van der Waals surface area (Å²) >= 11 is 1.52. The molecule has 0 aliphatic heterocycles. The van der Waals surface area contributed by atoms with Gasteiger partial charge in [-0.15, -0.1) is 0 Å². The summed E-state index contributed by atoms with van der Waals surface area (Å²) in [6, 6.07) is 9.94. The first-order valence-electron chi connectivity index (χ1n) is 4.83. The van der Waals surface area contributed by atoms with Crippen LogP contribution in [0.3, 0.4) is 0 Å². The van der Waals surface area contributed by atoms with Crippen LogP contribution in [0.25, 0.3) is 0 Å². The molecule has 0 atom stereocenters. The number of allylic oxidation sites excluding steroid dienone is 1. The molecular formula is C12H14OS. The van der Waals surface area contributed by atoms with Crippen molar-refractivity contribution in [2.24, 2.45) is 0 Å². The fourth-order valence-corrected chi connectivity index (χ4v) is 1.96. The third-order valence-corrected chi connectivity index (χ3v) is 2.90. The minimum atomic E-state index is 0.804. The quantitative estimate of drug-likeness (QED) is 0.540. The van der Waals surface area contributed by atoms with E-state index in [4.69, 9.17) is 0 Å². The normalized spacial score (nSPS) is 9.50. The van der Waals surface area contributed by atoms with Gasteiger partial charge in [-0.25, -0.2) is 4.79 Å². The molecule has 0 saturated carbocycles. The highest BCUT2D eigenvalue weighted by Gasteiger charge is 2.00. The van der Waals surface area contributed by atoms with Gasteiger partial charge in [0.25, 0.3) is 0 Å². The van der Waals surface area contributed by atoms with Gasteiger partial charge in [-0.2, -0.15) is 0 Å². The lowest BCUT2D eigenvalue weighted by Crippen LogP contribution is -1.80. The number of unbranched alkanes of at least 4 members (excludes halogenated alkanes) is 1. The maximum absolute atomic E-state index is 10.6. The van der Waals surface area contributed by atoms with Gasteiger partial charge in [0.05, 0.1) is 4.91 Å². The summed E-state index contributed by atoms with van der Waals surface area (Å²) < 4.78 is 0. The Balaban J connectivity index is 2.54. The molecule has 14 heavy (non-hydrogen) atoms. The van der Waals surface area contributed by atoms with Gasteiger partial charge in [-0.3, -0.25) is 0 Å². The van der Waals surface area contributed by atoms with Crippen LogP contribution >= 0.6 is 11.8 Å². The standard InChI is InChI=1S/C12H14OS/c1-2-3-7-12(10-13)14-11-8-5-4-6-9-11/h4-6,8-9H,2-3,7H2,1H3. The molecule has 1 aromatic carbocycles. The van der Waals surface area contributed by atoms with Gasteiger partial charge >= 0.3 is 0 Å². The molecule has 1 aromatic rings. The summed E-state index contributed by atoms with van der Waals surface area (Å²) in [4.78, 5) is 12.5. The minimum Gasteiger partial charge on any atom is -0.233 e. The number of carbonyl (C=O) groups excluding carboxylic acids is 1. The van der Waals surface area contributed by atoms with Gasteiger partial charge in [0.15, 0.2) is 0 Å². The van der Waals surface area contributed by atoms with Crippen LogP contribution in [0.4, 0.5) is 0 Å². The van der Waals surface area contributed by atoms with Crippen LogP contribution in [0.2, 0.25) is 0 Å². The van der Waals surface area contributed by atoms with Crippen molar-refractivity contribution >= 4 is 17.7 Å². The second-order valence-electron chi connectivity index (χ2n) is 3.04. The van der Waals surface area contributed by atoms with Crippen LogP contribution in [0.5, 0.6) is 0 Å². The van der Waals surface area contributed by atoms with Crippen molar-refractivity contribution in [3.63, 3.8) is 0 Å². The molecule has 0 amide bonds. The zero-order chi connectivity index (χ0) is 10.2. The molecule has 0 spiro atoms. The molecule has 0 N–H and O–H groups in total. The molecule has 0 aliphatic rings. The van der Waals surface area contributed by atoms with E-state index in [0.29, 0.717) is 0 Å². The summed E-state index contributed by atoms with van der Waals surface area (Å²) in [5.74, 6) is 2.01. The maximum atomic E-state index is 10.6. The van der Waals surface area contributed by atoms with E-state index >= 15 is 0 Å². The third kappa shape index (κ3) is 3.82. The van der Waals surface area contributed by atoms with Gasteiger partial charge in [0.2, 0.25) is 0 Å². The molecular weight excluding hydrogens is 192 g/mol. The Morgan fingerprint density at radius 2 is 2.07 bits per heavy atom. The largest absolute Gasteiger partial charge is 0.233 e. The van der Waals surface area contributed by atoms with Crippen molar-refractivity contribution in [2.45, 2.75) is 31.1 Å². The van der Waals surface area contributed by atoms with Crippen molar-refractivity contribution in [3.05, 3.63) is 35.2 Å². The minimum absolute atomic E-state index is 0.804. The van der Waals surface area contributed by atoms with E-state index in [0.717, 1.165) is 29.1 Å². The molecule has 0 bridgehead atoms. The van der Waals surface area contributed by atoms with Crippen molar-refractivity contribution in [2.75, 3.05) is 0 Å². The SMILES string of the molecule is CCCCC(=C=O)Sc1ccccc1. The molecule has 2 heteroatoms. The summed E-state index contributed by atoms with van der Waals surface area (Å²) in [6.45, 7) is 2.12. The molecule has 0 aromatic heterocycles. The van der Waals surface area contributed by atoms with E-state index < -0.39 is 0 Å². The summed E-state index contributed by atoms with van der Waals surface area (Å²) in [5, 5.41) is 0. The molecule has 0 heterocycles. The van der Waals surface area contributed by atoms with Crippen LogP contribution in [-0.4, -0.2) is 5.94 Å². The summed E-state index contributed by atoms with van der Waals surface area (Å²) in [5.41, 5.74) is 0. The van der Waals surface area contributed by atoms with Gasteiger partial charge in [-0.1, -0.05) is 43.3 Å². The Morgan fingerprint density at radius 1 is 1.36 bits per heavy atom. The first-order chi connectivity index (χ1) is 6.86. The average molecular weight is 206 g/mol. The second kappa shape index (κ2) is 6.47. The van der Waals surface area contributed by atoms with Crippen LogP contribution in [0.15, 0.2) is 40.1 Å². The highest BCUT2D eigenvalue weighted by Crippen LogP contribution is 2.27. The fraction of sp³-hybridized carbons (Fsp3) is 0.333. The predicted octanol–water partition coefficient (Wildman–Crippen LogP) is 3.68. The van der Waals surface area contributed by atoms with Gasteiger partial charge in [0.1, 0.15) is 5.94 Å². The Morgan fingerprint density at radius 3 is 2.64 bits per heavy atom. The lowest BCUT2D eigenvalue weighted by atomic mass is 10.2. The molecule has 74 valence electrons. The van der Waals surface area contributed by atoms with Gasteiger partial charge in [0, 0.05) is 4.90 Å². The van der Waals surface area contributed by atoms with E-state index in [2.05, 4.69) is 6.92 Å². The Labute approximate surface area is 89.2 Å². The lowest BCUT2D eigenvalue weighted by molar-refractivity contribution is 0.567. The van der Waals surface area contributed by atoms with Crippen LogP contribution in [0.1, 0.15) is 26.2 Å². The molecule has 0 fully saturated rings. The Kier molecular flexibility index (Phi) is 5.13. The fourth-order valence-electron chi connectivity index (χ4n) is 1.09. The predicted molar refractivity (Wildman–Crippen MR) is 61.0 cm³/mol. The number of rotatable bonds is 5. The molecule has 1 nitrogen and oxygen atoms in total. The smallest absolute Gasteiger partial charge is 0.135 e. The molecule has 0 unspecified atom stereocenters. The number of hydrogen-bond acceptors (Lipinski definition) is 2. The average Bonchev–Trinajstić information content (AvgIpc) is 2.25. The topological polar surface area (TPSA) is 17.1 Å². The highest BCUT2D eigenvalue weighted by molar-refractivity contribution is 8.03. The van der Waals surface area contributed by atoms with Crippen molar-refractivity contribution < 1.29 is 4.79 Å². The van der Waals surface area contributed by atoms with E-state index in [1.807, 2.05) is 36.3 Å². The first-order valence-corrected chi connectivity index (χ1v) is 5.65. The summed E-state index contributed by atoms with van der Waals surface area (Å²) in [7, 11) is 0. The molecule has 0 aliphatic carbocycles. The van der Waals surface area contributed by atoms with Crippen molar-refractivity contribution in [1.82, 2.24) is 0 Å². The van der Waals surface area contributed by atoms with Gasteiger partial charge in [-0.05, 0) is 25.0 Å². The van der Waals surface area contributed by atoms with E-state index in [-0.39, 0.29) is 0 Å². The van der Waals surface area contributed by atoms with Crippen LogP contribution in [0, 0.1) is 0 Å². The zero-order valence-electron chi connectivity index (χ0n) is 8.32. The van der Waals surface area contributed by atoms with Crippen molar-refractivity contribution in [1.29, 1.82) is 0 Å². The summed E-state index contributed by atoms with van der Waals surface area (Å²) in [6.07, 6.45) is 3.02. The van der Waals surface area contributed by atoms with E-state index in [1.165, 1.54) is 11.8 Å². The lowest BCUT2D eigenvalue weighted by Gasteiger charge is -2.01. The van der Waals surface area contributed by atoms with Crippen LogP contribution in [-0.2, 0) is 4.79 Å². The molecule has 1 rings (SSSR count). The zero-order valence-corrected chi connectivity index (χ0v) is 9.14. The monoisotopic (exact) mass is 206 g/mol. The highest BCUT2D eigenvalue weighted by atomic mass is 32.2. The van der Waals surface area contributed by atoms with E-state index in [9.17, 15) is 4.79 Å². The number of hydrogen-bond donors (Lipinski definition) is 0. The third-order valence-electron chi connectivity index (χ3n) is 1.86.